The van der Waals surface area contributed by atoms with E-state index in [1.165, 1.54) is 0 Å². The smallest absolute Gasteiger partial charge is 0.309 e. The van der Waals surface area contributed by atoms with Crippen LogP contribution in [0.1, 0.15) is 31.2 Å². The molecule has 1 saturated carbocycles. The summed E-state index contributed by atoms with van der Waals surface area (Å²) in [5, 5.41) is 11.8. The van der Waals surface area contributed by atoms with Gasteiger partial charge in [-0.05, 0) is 42.0 Å². The van der Waals surface area contributed by atoms with Crippen molar-refractivity contribution in [2.45, 2.75) is 38.4 Å². The molecule has 2 aromatic rings. The van der Waals surface area contributed by atoms with Crippen molar-refractivity contribution in [1.29, 1.82) is 0 Å². The van der Waals surface area contributed by atoms with E-state index in [0.717, 1.165) is 29.2 Å². The Morgan fingerprint density at radius 2 is 1.76 bits per heavy atom. The van der Waals surface area contributed by atoms with Crippen LogP contribution in [0.2, 0.25) is 0 Å². The van der Waals surface area contributed by atoms with Crippen molar-refractivity contribution in [2.24, 2.45) is 5.92 Å². The summed E-state index contributed by atoms with van der Waals surface area (Å²) in [7, 11) is 0. The molecular weight excluding hydrogens is 264 g/mol. The average Bonchev–Trinajstić information content (AvgIpc) is 2.53. The van der Waals surface area contributed by atoms with Gasteiger partial charge >= 0.3 is 5.97 Å². The van der Waals surface area contributed by atoms with Gasteiger partial charge in [0.1, 0.15) is 6.61 Å². The van der Waals surface area contributed by atoms with Gasteiger partial charge in [-0.15, -0.1) is 0 Å². The SMILES string of the molecule is O=C(OCc1cccc2ccccc12)C1CCC(O)CC1. The topological polar surface area (TPSA) is 46.5 Å². The van der Waals surface area contributed by atoms with Gasteiger partial charge in [-0.3, -0.25) is 4.79 Å². The molecule has 21 heavy (non-hydrogen) atoms. The fourth-order valence-corrected chi connectivity index (χ4v) is 3.00. The molecule has 3 nitrogen and oxygen atoms in total. The first kappa shape index (κ1) is 14.1. The Morgan fingerprint density at radius 1 is 1.05 bits per heavy atom. The Bertz CT molecular complexity index is 622. The highest BCUT2D eigenvalue weighted by Crippen LogP contribution is 2.26. The van der Waals surface area contributed by atoms with Crippen molar-refractivity contribution in [2.75, 3.05) is 0 Å². The minimum Gasteiger partial charge on any atom is -0.461 e. The molecule has 0 bridgehead atoms. The minimum absolute atomic E-state index is 0.0524. The fraction of sp³-hybridized carbons (Fsp3) is 0.389. The molecule has 1 N–H and O–H groups in total. The van der Waals surface area contributed by atoms with Gasteiger partial charge in [0.15, 0.2) is 0 Å². The summed E-state index contributed by atoms with van der Waals surface area (Å²) in [4.78, 5) is 12.1. The Labute approximate surface area is 124 Å². The number of hydrogen-bond donors (Lipinski definition) is 1. The van der Waals surface area contributed by atoms with E-state index in [2.05, 4.69) is 18.2 Å². The zero-order valence-corrected chi connectivity index (χ0v) is 12.0. The summed E-state index contributed by atoms with van der Waals surface area (Å²) < 4.78 is 5.49. The van der Waals surface area contributed by atoms with E-state index in [9.17, 15) is 9.90 Å². The average molecular weight is 284 g/mol. The Morgan fingerprint density at radius 3 is 2.57 bits per heavy atom. The van der Waals surface area contributed by atoms with Crippen LogP contribution in [0.3, 0.4) is 0 Å². The van der Waals surface area contributed by atoms with Crippen molar-refractivity contribution < 1.29 is 14.6 Å². The zero-order valence-electron chi connectivity index (χ0n) is 12.0. The highest BCUT2D eigenvalue weighted by molar-refractivity contribution is 5.85. The molecular formula is C18H20O3. The Kier molecular flexibility index (Phi) is 4.20. The third-order valence-corrected chi connectivity index (χ3v) is 4.28. The quantitative estimate of drug-likeness (QED) is 0.878. The number of benzene rings is 2. The molecule has 110 valence electrons. The van der Waals surface area contributed by atoms with E-state index in [1.807, 2.05) is 24.3 Å². The van der Waals surface area contributed by atoms with E-state index in [1.54, 1.807) is 0 Å². The first-order valence-electron chi connectivity index (χ1n) is 7.55. The first-order chi connectivity index (χ1) is 10.2. The number of carbonyl (C=O) groups is 1. The molecule has 0 saturated heterocycles. The van der Waals surface area contributed by atoms with E-state index in [-0.39, 0.29) is 18.0 Å². The predicted octanol–water partition coefficient (Wildman–Crippen LogP) is 3.43. The van der Waals surface area contributed by atoms with E-state index < -0.39 is 0 Å². The molecule has 1 fully saturated rings. The van der Waals surface area contributed by atoms with Crippen molar-refractivity contribution >= 4 is 16.7 Å². The number of hydrogen-bond acceptors (Lipinski definition) is 3. The molecule has 0 amide bonds. The molecule has 0 heterocycles. The van der Waals surface area contributed by atoms with Crippen LogP contribution in [0.4, 0.5) is 0 Å². The van der Waals surface area contributed by atoms with Crippen LogP contribution in [-0.4, -0.2) is 17.2 Å². The lowest BCUT2D eigenvalue weighted by molar-refractivity contribution is -0.151. The Hall–Kier alpha value is -1.87. The lowest BCUT2D eigenvalue weighted by Gasteiger charge is -2.23. The van der Waals surface area contributed by atoms with Crippen LogP contribution in [0.15, 0.2) is 42.5 Å². The van der Waals surface area contributed by atoms with Crippen LogP contribution < -0.4 is 0 Å². The molecule has 1 aliphatic carbocycles. The largest absolute Gasteiger partial charge is 0.461 e. The van der Waals surface area contributed by atoms with Gasteiger partial charge in [-0.1, -0.05) is 42.5 Å². The molecule has 3 heteroatoms. The fourth-order valence-electron chi connectivity index (χ4n) is 3.00. The monoisotopic (exact) mass is 284 g/mol. The van der Waals surface area contributed by atoms with Crippen molar-refractivity contribution in [3.05, 3.63) is 48.0 Å². The first-order valence-corrected chi connectivity index (χ1v) is 7.55. The molecule has 0 unspecified atom stereocenters. The minimum atomic E-state index is -0.243. The number of ether oxygens (including phenoxy) is 1. The van der Waals surface area contributed by atoms with Gasteiger partial charge in [-0.25, -0.2) is 0 Å². The predicted molar refractivity (Wildman–Crippen MR) is 81.7 cm³/mol. The number of aliphatic hydroxyl groups is 1. The van der Waals surface area contributed by atoms with Gasteiger partial charge < -0.3 is 9.84 Å². The third-order valence-electron chi connectivity index (χ3n) is 4.28. The summed E-state index contributed by atoms with van der Waals surface area (Å²) in [6, 6.07) is 14.2. The number of rotatable bonds is 3. The summed E-state index contributed by atoms with van der Waals surface area (Å²) >= 11 is 0. The second-order valence-electron chi connectivity index (χ2n) is 5.75. The number of carbonyl (C=O) groups excluding carboxylic acids is 1. The number of fused-ring (bicyclic) bond motifs is 1. The summed E-state index contributed by atoms with van der Waals surface area (Å²) in [5.41, 5.74) is 1.04. The number of aliphatic hydroxyl groups excluding tert-OH is 1. The molecule has 3 rings (SSSR count). The van der Waals surface area contributed by atoms with Gasteiger partial charge in [0.05, 0.1) is 12.0 Å². The van der Waals surface area contributed by atoms with Crippen molar-refractivity contribution in [3.63, 3.8) is 0 Å². The summed E-state index contributed by atoms with van der Waals surface area (Å²) in [6.07, 6.45) is 2.62. The maximum absolute atomic E-state index is 12.1. The second-order valence-corrected chi connectivity index (χ2v) is 5.75. The number of esters is 1. The van der Waals surface area contributed by atoms with Crippen molar-refractivity contribution in [3.8, 4) is 0 Å². The van der Waals surface area contributed by atoms with Gasteiger partial charge in [-0.2, -0.15) is 0 Å². The zero-order chi connectivity index (χ0) is 14.7. The van der Waals surface area contributed by atoms with Gasteiger partial charge in [0, 0.05) is 0 Å². The molecule has 0 atom stereocenters. The molecule has 0 aromatic heterocycles. The molecule has 2 aromatic carbocycles. The molecule has 0 aliphatic heterocycles. The second kappa shape index (κ2) is 6.27. The standard InChI is InChI=1S/C18H20O3/c19-16-10-8-14(9-11-16)18(20)21-12-15-6-3-5-13-4-1-2-7-17(13)15/h1-7,14,16,19H,8-12H2. The van der Waals surface area contributed by atoms with Crippen LogP contribution in [0, 0.1) is 5.92 Å². The lowest BCUT2D eigenvalue weighted by atomic mass is 9.87. The Balaban J connectivity index is 1.65. The normalized spacial score (nSPS) is 22.1. The van der Waals surface area contributed by atoms with E-state index in [4.69, 9.17) is 4.74 Å². The van der Waals surface area contributed by atoms with E-state index >= 15 is 0 Å². The highest BCUT2D eigenvalue weighted by Gasteiger charge is 2.26. The molecule has 0 radical (unpaired) electrons. The van der Waals surface area contributed by atoms with Crippen LogP contribution in [-0.2, 0) is 16.1 Å². The molecule has 1 aliphatic rings. The summed E-state index contributed by atoms with van der Waals surface area (Å²) in [5.74, 6) is -0.182. The third kappa shape index (κ3) is 3.24. The summed E-state index contributed by atoms with van der Waals surface area (Å²) in [6.45, 7) is 0.319. The maximum Gasteiger partial charge on any atom is 0.309 e. The molecule has 0 spiro atoms. The van der Waals surface area contributed by atoms with Crippen LogP contribution in [0.5, 0.6) is 0 Å². The lowest BCUT2D eigenvalue weighted by Crippen LogP contribution is -2.25. The van der Waals surface area contributed by atoms with Gasteiger partial charge in [0.25, 0.3) is 0 Å². The van der Waals surface area contributed by atoms with Gasteiger partial charge in [0.2, 0.25) is 0 Å². The van der Waals surface area contributed by atoms with E-state index in [0.29, 0.717) is 19.4 Å². The van der Waals surface area contributed by atoms with Crippen molar-refractivity contribution in [1.82, 2.24) is 0 Å². The van der Waals surface area contributed by atoms with Crippen LogP contribution in [0.25, 0.3) is 10.8 Å². The van der Waals surface area contributed by atoms with Crippen LogP contribution >= 0.6 is 0 Å². The highest BCUT2D eigenvalue weighted by atomic mass is 16.5. The maximum atomic E-state index is 12.1.